The van der Waals surface area contributed by atoms with Crippen LogP contribution in [0.4, 0.5) is 14.5 Å². The van der Waals surface area contributed by atoms with Gasteiger partial charge in [0.2, 0.25) is 0 Å². The average Bonchev–Trinajstić information content (AvgIpc) is 2.28. The number of benzene rings is 1. The van der Waals surface area contributed by atoms with E-state index in [1.807, 2.05) is 0 Å². The lowest BCUT2D eigenvalue weighted by Crippen LogP contribution is -2.19. The molecular formula is C11H12F2N2S. The number of nitrogens with zero attached hydrogens (tertiary/aromatic N) is 1. The van der Waals surface area contributed by atoms with Gasteiger partial charge in [-0.3, -0.25) is 4.99 Å². The highest BCUT2D eigenvalue weighted by molar-refractivity contribution is 8.14. The second kappa shape index (κ2) is 4.82. The molecule has 0 saturated carbocycles. The van der Waals surface area contributed by atoms with Gasteiger partial charge in [0.1, 0.15) is 0 Å². The highest BCUT2D eigenvalue weighted by Crippen LogP contribution is 2.22. The maximum Gasteiger partial charge on any atom is 0.182 e. The van der Waals surface area contributed by atoms with Gasteiger partial charge in [-0.15, -0.1) is 0 Å². The van der Waals surface area contributed by atoms with Crippen molar-refractivity contribution in [1.29, 1.82) is 0 Å². The van der Waals surface area contributed by atoms with Crippen molar-refractivity contribution >= 4 is 22.6 Å². The van der Waals surface area contributed by atoms with E-state index in [1.165, 1.54) is 23.9 Å². The third kappa shape index (κ3) is 2.52. The van der Waals surface area contributed by atoms with Gasteiger partial charge >= 0.3 is 0 Å². The van der Waals surface area contributed by atoms with Crippen LogP contribution in [0.3, 0.4) is 0 Å². The first-order chi connectivity index (χ1) is 7.66. The van der Waals surface area contributed by atoms with E-state index in [0.717, 1.165) is 18.4 Å². The summed E-state index contributed by atoms with van der Waals surface area (Å²) in [5, 5.41) is 3.46. The fourth-order valence-electron chi connectivity index (χ4n) is 1.35. The van der Waals surface area contributed by atoms with Crippen LogP contribution in [0.5, 0.6) is 0 Å². The zero-order valence-corrected chi connectivity index (χ0v) is 9.65. The zero-order valence-electron chi connectivity index (χ0n) is 8.84. The van der Waals surface area contributed by atoms with Crippen molar-refractivity contribution < 1.29 is 8.78 Å². The quantitative estimate of drug-likeness (QED) is 0.818. The number of thioether (sulfide) groups is 1. The van der Waals surface area contributed by atoms with Gasteiger partial charge in [0.25, 0.3) is 0 Å². The smallest absolute Gasteiger partial charge is 0.182 e. The second-order valence-electron chi connectivity index (χ2n) is 3.79. The summed E-state index contributed by atoms with van der Waals surface area (Å²) in [5.41, 5.74) is 0.140. The van der Waals surface area contributed by atoms with E-state index in [0.29, 0.717) is 11.1 Å². The Morgan fingerprint density at radius 3 is 2.94 bits per heavy atom. The van der Waals surface area contributed by atoms with Crippen molar-refractivity contribution in [3.8, 4) is 0 Å². The standard InChI is InChI=1S/C11H12F2N2S/c1-7-5-14-11(16-6-7)15-9-4-2-3-8(12)10(9)13/h2-4,7H,5-6H2,1H3,(H,14,15). The summed E-state index contributed by atoms with van der Waals surface area (Å²) in [7, 11) is 0. The molecule has 1 atom stereocenters. The van der Waals surface area contributed by atoms with Crippen molar-refractivity contribution in [2.75, 3.05) is 17.6 Å². The molecule has 1 aromatic rings. The molecule has 1 aliphatic rings. The average molecular weight is 242 g/mol. The lowest BCUT2D eigenvalue weighted by Gasteiger charge is -2.18. The Morgan fingerprint density at radius 1 is 1.44 bits per heavy atom. The van der Waals surface area contributed by atoms with Gasteiger partial charge in [-0.05, 0) is 18.1 Å². The van der Waals surface area contributed by atoms with Crippen molar-refractivity contribution in [1.82, 2.24) is 0 Å². The molecule has 0 fully saturated rings. The fraction of sp³-hybridized carbons (Fsp3) is 0.364. The zero-order chi connectivity index (χ0) is 11.5. The first-order valence-corrected chi connectivity index (χ1v) is 6.03. The number of amidine groups is 1. The molecule has 1 N–H and O–H groups in total. The summed E-state index contributed by atoms with van der Waals surface area (Å²) in [6, 6.07) is 4.06. The highest BCUT2D eigenvalue weighted by atomic mass is 32.2. The molecule has 0 saturated heterocycles. The maximum absolute atomic E-state index is 13.3. The molecule has 1 unspecified atom stereocenters. The van der Waals surface area contributed by atoms with Crippen molar-refractivity contribution in [2.45, 2.75) is 6.92 Å². The molecule has 1 aromatic carbocycles. The van der Waals surface area contributed by atoms with E-state index in [9.17, 15) is 8.78 Å². The van der Waals surface area contributed by atoms with Gasteiger partial charge in [0, 0.05) is 12.3 Å². The molecule has 2 nitrogen and oxygen atoms in total. The molecule has 0 radical (unpaired) electrons. The van der Waals surface area contributed by atoms with Crippen LogP contribution in [0, 0.1) is 17.6 Å². The number of rotatable bonds is 1. The van der Waals surface area contributed by atoms with E-state index < -0.39 is 11.6 Å². The molecule has 0 aliphatic carbocycles. The summed E-state index contributed by atoms with van der Waals surface area (Å²) in [6.45, 7) is 2.84. The molecule has 0 aromatic heterocycles. The molecule has 16 heavy (non-hydrogen) atoms. The minimum absolute atomic E-state index is 0.140. The molecule has 5 heteroatoms. The van der Waals surface area contributed by atoms with Crippen LogP contribution >= 0.6 is 11.8 Å². The number of anilines is 1. The number of halogens is 2. The monoisotopic (exact) mass is 242 g/mol. The Hall–Kier alpha value is -1.10. The van der Waals surface area contributed by atoms with Gasteiger partial charge < -0.3 is 5.32 Å². The minimum Gasteiger partial charge on any atom is -0.333 e. The van der Waals surface area contributed by atoms with E-state index in [1.54, 1.807) is 0 Å². The lowest BCUT2D eigenvalue weighted by atomic mass is 10.2. The topological polar surface area (TPSA) is 24.4 Å². The van der Waals surface area contributed by atoms with Gasteiger partial charge in [-0.2, -0.15) is 0 Å². The summed E-state index contributed by atoms with van der Waals surface area (Å²) < 4.78 is 26.3. The first kappa shape index (κ1) is 11.4. The van der Waals surface area contributed by atoms with Crippen LogP contribution < -0.4 is 5.32 Å². The Bertz CT molecular complexity index is 420. The predicted octanol–water partition coefficient (Wildman–Crippen LogP) is 3.12. The van der Waals surface area contributed by atoms with E-state index >= 15 is 0 Å². The fourth-order valence-corrected chi connectivity index (χ4v) is 2.25. The normalized spacial score (nSPS) is 20.4. The highest BCUT2D eigenvalue weighted by Gasteiger charge is 2.14. The molecule has 86 valence electrons. The van der Waals surface area contributed by atoms with Crippen LogP contribution in [0.1, 0.15) is 6.92 Å². The van der Waals surface area contributed by atoms with Crippen LogP contribution in [0.15, 0.2) is 23.2 Å². The van der Waals surface area contributed by atoms with Crippen molar-refractivity contribution in [3.05, 3.63) is 29.8 Å². The van der Waals surface area contributed by atoms with Gasteiger partial charge in [0.05, 0.1) is 5.69 Å². The van der Waals surface area contributed by atoms with E-state index in [2.05, 4.69) is 17.2 Å². The summed E-state index contributed by atoms with van der Waals surface area (Å²) in [5.74, 6) is -0.222. The third-order valence-electron chi connectivity index (χ3n) is 2.24. The SMILES string of the molecule is CC1CN=C(Nc2cccc(F)c2F)SC1. The Balaban J connectivity index is 2.12. The number of aliphatic imine (C=N–C) groups is 1. The van der Waals surface area contributed by atoms with E-state index in [-0.39, 0.29) is 5.69 Å². The molecule has 0 amide bonds. The Morgan fingerprint density at radius 2 is 2.25 bits per heavy atom. The lowest BCUT2D eigenvalue weighted by molar-refractivity contribution is 0.512. The number of hydrogen-bond donors (Lipinski definition) is 1. The van der Waals surface area contributed by atoms with Crippen LogP contribution in [0.25, 0.3) is 0 Å². The first-order valence-electron chi connectivity index (χ1n) is 5.05. The second-order valence-corrected chi connectivity index (χ2v) is 4.80. The summed E-state index contributed by atoms with van der Waals surface area (Å²) >= 11 is 1.53. The molecule has 0 spiro atoms. The predicted molar refractivity (Wildman–Crippen MR) is 63.9 cm³/mol. The van der Waals surface area contributed by atoms with E-state index in [4.69, 9.17) is 0 Å². The largest absolute Gasteiger partial charge is 0.333 e. The van der Waals surface area contributed by atoms with Crippen molar-refractivity contribution in [3.63, 3.8) is 0 Å². The number of hydrogen-bond acceptors (Lipinski definition) is 3. The number of nitrogens with one attached hydrogen (secondary N) is 1. The third-order valence-corrected chi connectivity index (χ3v) is 3.48. The van der Waals surface area contributed by atoms with Gasteiger partial charge in [0.15, 0.2) is 16.8 Å². The Kier molecular flexibility index (Phi) is 3.43. The summed E-state index contributed by atoms with van der Waals surface area (Å²) in [4.78, 5) is 4.26. The summed E-state index contributed by atoms with van der Waals surface area (Å²) in [6.07, 6.45) is 0. The molecule has 2 rings (SSSR count). The van der Waals surface area contributed by atoms with Crippen molar-refractivity contribution in [2.24, 2.45) is 10.9 Å². The van der Waals surface area contributed by atoms with Crippen LogP contribution in [-0.2, 0) is 0 Å². The molecule has 1 aliphatic heterocycles. The van der Waals surface area contributed by atoms with Gasteiger partial charge in [-0.1, -0.05) is 24.8 Å². The van der Waals surface area contributed by atoms with Crippen LogP contribution in [-0.4, -0.2) is 17.5 Å². The molecule has 1 heterocycles. The minimum atomic E-state index is -0.857. The maximum atomic E-state index is 13.3. The van der Waals surface area contributed by atoms with Crippen LogP contribution in [0.2, 0.25) is 0 Å². The Labute approximate surface area is 97.1 Å². The van der Waals surface area contributed by atoms with Gasteiger partial charge in [-0.25, -0.2) is 8.78 Å². The molecular weight excluding hydrogens is 230 g/mol. The molecule has 0 bridgehead atoms.